The molecule has 0 bridgehead atoms. The number of piperidine rings is 1. The molecule has 1 aliphatic heterocycles. The van der Waals surface area contributed by atoms with Crippen molar-refractivity contribution < 1.29 is 14.3 Å². The first-order valence-corrected chi connectivity index (χ1v) is 10.1. The summed E-state index contributed by atoms with van der Waals surface area (Å²) in [7, 11) is 1.58. The van der Waals surface area contributed by atoms with Crippen molar-refractivity contribution in [3.63, 3.8) is 0 Å². The Labute approximate surface area is 164 Å². The number of carbonyl (C=O) groups excluding carboxylic acids is 2. The molecule has 1 aliphatic rings. The number of nitrogens with two attached hydrogens (primary N) is 1. The van der Waals surface area contributed by atoms with Gasteiger partial charge < -0.3 is 15.4 Å². The molecule has 2 N–H and O–H groups in total. The molecule has 2 aromatic rings. The summed E-state index contributed by atoms with van der Waals surface area (Å²) in [6.45, 7) is 1.44. The molecule has 1 fully saturated rings. The summed E-state index contributed by atoms with van der Waals surface area (Å²) in [4.78, 5) is 27.9. The molecule has 0 spiro atoms. The predicted octanol–water partition coefficient (Wildman–Crippen LogP) is 3.09. The number of ether oxygens (including phenoxy) is 1. The Morgan fingerprint density at radius 3 is 2.78 bits per heavy atom. The molecule has 2 amide bonds. The molecule has 27 heavy (non-hydrogen) atoms. The van der Waals surface area contributed by atoms with Gasteiger partial charge in [0.25, 0.3) is 0 Å². The zero-order chi connectivity index (χ0) is 19.3. The van der Waals surface area contributed by atoms with Crippen LogP contribution in [0.2, 0.25) is 0 Å². The lowest BCUT2D eigenvalue weighted by Gasteiger charge is -2.41. The fraction of sp³-hybridized carbons (Fsp3) is 0.429. The highest BCUT2D eigenvalue weighted by molar-refractivity contribution is 7.13. The van der Waals surface area contributed by atoms with Crippen LogP contribution in [-0.4, -0.2) is 43.5 Å². The quantitative estimate of drug-likeness (QED) is 0.795. The largest absolute Gasteiger partial charge is 0.384 e. The highest BCUT2D eigenvalue weighted by Crippen LogP contribution is 2.37. The molecule has 1 aromatic carbocycles. The average Bonchev–Trinajstić information content (AvgIpc) is 3.21. The van der Waals surface area contributed by atoms with Crippen molar-refractivity contribution in [2.24, 2.45) is 11.1 Å². The Bertz CT molecular complexity index is 790. The summed E-state index contributed by atoms with van der Waals surface area (Å²) in [6.07, 6.45) is 2.36. The summed E-state index contributed by atoms with van der Waals surface area (Å²) in [6, 6.07) is 12.3. The number of primary amides is 1. The number of methoxy groups -OCH3 is 1. The third-order valence-electron chi connectivity index (χ3n) is 5.31. The summed E-state index contributed by atoms with van der Waals surface area (Å²) in [5.41, 5.74) is 7.39. The van der Waals surface area contributed by atoms with Crippen LogP contribution in [0.15, 0.2) is 41.8 Å². The topological polar surface area (TPSA) is 72.6 Å². The van der Waals surface area contributed by atoms with Gasteiger partial charge >= 0.3 is 0 Å². The van der Waals surface area contributed by atoms with Crippen LogP contribution in [0.3, 0.4) is 0 Å². The minimum Gasteiger partial charge on any atom is -0.384 e. The van der Waals surface area contributed by atoms with Gasteiger partial charge in [-0.15, -0.1) is 11.3 Å². The monoisotopic (exact) mass is 386 g/mol. The molecule has 0 saturated carbocycles. The molecule has 0 aliphatic carbocycles. The normalized spacial score (nSPS) is 19.8. The smallest absolute Gasteiger partial charge is 0.225 e. The Morgan fingerprint density at radius 2 is 2.07 bits per heavy atom. The van der Waals surface area contributed by atoms with Gasteiger partial charge in [-0.3, -0.25) is 9.59 Å². The van der Waals surface area contributed by atoms with Crippen molar-refractivity contribution in [2.45, 2.75) is 25.7 Å². The number of benzene rings is 1. The number of hydrogen-bond acceptors (Lipinski definition) is 4. The van der Waals surface area contributed by atoms with E-state index in [-0.39, 0.29) is 11.8 Å². The summed E-state index contributed by atoms with van der Waals surface area (Å²) in [5.74, 6) is -0.304. The van der Waals surface area contributed by atoms with Crippen molar-refractivity contribution in [1.82, 2.24) is 4.90 Å². The third kappa shape index (κ3) is 4.39. The van der Waals surface area contributed by atoms with E-state index < -0.39 is 5.41 Å². The number of rotatable bonds is 7. The molecule has 5 nitrogen and oxygen atoms in total. The van der Waals surface area contributed by atoms with E-state index in [9.17, 15) is 9.59 Å². The third-order valence-corrected chi connectivity index (χ3v) is 6.21. The number of carbonyl (C=O) groups is 2. The van der Waals surface area contributed by atoms with Gasteiger partial charge in [0.1, 0.15) is 0 Å². The van der Waals surface area contributed by atoms with E-state index in [1.165, 1.54) is 4.88 Å². The van der Waals surface area contributed by atoms with Crippen LogP contribution in [0.25, 0.3) is 10.4 Å². The molecule has 1 aromatic heterocycles. The summed E-state index contributed by atoms with van der Waals surface area (Å²) < 4.78 is 5.02. The predicted molar refractivity (Wildman–Crippen MR) is 107 cm³/mol. The van der Waals surface area contributed by atoms with Gasteiger partial charge in [0.2, 0.25) is 11.8 Å². The Morgan fingerprint density at radius 1 is 1.26 bits per heavy atom. The second-order valence-electron chi connectivity index (χ2n) is 7.12. The van der Waals surface area contributed by atoms with Crippen LogP contribution in [0, 0.1) is 5.41 Å². The first-order chi connectivity index (χ1) is 13.1. The van der Waals surface area contributed by atoms with E-state index in [0.717, 1.165) is 17.5 Å². The van der Waals surface area contributed by atoms with Crippen molar-refractivity contribution in [2.75, 3.05) is 26.8 Å². The van der Waals surface area contributed by atoms with E-state index >= 15 is 0 Å². The highest BCUT2D eigenvalue weighted by atomic mass is 32.1. The van der Waals surface area contributed by atoms with Gasteiger partial charge in [-0.05, 0) is 41.8 Å². The van der Waals surface area contributed by atoms with Gasteiger partial charge in [-0.2, -0.15) is 0 Å². The molecule has 0 unspecified atom stereocenters. The molecule has 3 rings (SSSR count). The SMILES string of the molecule is COCCC(=O)N1CCC[C@](Cc2ccccc2-c2cccs2)(C(N)=O)C1. The van der Waals surface area contributed by atoms with Gasteiger partial charge in [0.15, 0.2) is 0 Å². The minimum absolute atomic E-state index is 0.0220. The molecule has 0 radical (unpaired) electrons. The number of hydrogen-bond donors (Lipinski definition) is 1. The number of thiophene rings is 1. The maximum Gasteiger partial charge on any atom is 0.225 e. The number of amides is 2. The Hall–Kier alpha value is -2.18. The second kappa shape index (κ2) is 8.67. The van der Waals surface area contributed by atoms with Gasteiger partial charge in [-0.1, -0.05) is 30.3 Å². The van der Waals surface area contributed by atoms with Crippen LogP contribution in [0.1, 0.15) is 24.8 Å². The Balaban J connectivity index is 1.86. The molecule has 6 heteroatoms. The Kier molecular flexibility index (Phi) is 6.29. The molecular weight excluding hydrogens is 360 g/mol. The fourth-order valence-corrected chi connectivity index (χ4v) is 4.62. The molecule has 1 saturated heterocycles. The van der Waals surface area contributed by atoms with Crippen LogP contribution in [0.4, 0.5) is 0 Å². The molecule has 2 heterocycles. The summed E-state index contributed by atoms with van der Waals surface area (Å²) >= 11 is 1.68. The van der Waals surface area contributed by atoms with Gasteiger partial charge in [-0.25, -0.2) is 0 Å². The van der Waals surface area contributed by atoms with E-state index in [1.54, 1.807) is 23.3 Å². The van der Waals surface area contributed by atoms with Crippen molar-refractivity contribution >= 4 is 23.2 Å². The number of likely N-dealkylation sites (tertiary alicyclic amines) is 1. The first kappa shape index (κ1) is 19.6. The van der Waals surface area contributed by atoms with E-state index in [4.69, 9.17) is 10.5 Å². The van der Waals surface area contributed by atoms with Crippen molar-refractivity contribution in [1.29, 1.82) is 0 Å². The molecular formula is C21H26N2O3S. The zero-order valence-corrected chi connectivity index (χ0v) is 16.5. The lowest BCUT2D eigenvalue weighted by Crippen LogP contribution is -2.53. The standard InChI is InChI=1S/C21H26N2O3S/c1-26-12-9-19(24)23-11-5-10-21(15-23,20(22)25)14-16-6-2-3-7-17(16)18-8-4-13-27-18/h2-4,6-8,13H,5,9-12,14-15H2,1H3,(H2,22,25)/t21-/m1/s1. The van der Waals surface area contributed by atoms with Gasteiger partial charge in [0.05, 0.1) is 18.4 Å². The van der Waals surface area contributed by atoms with Crippen LogP contribution in [-0.2, 0) is 20.7 Å². The molecule has 144 valence electrons. The van der Waals surface area contributed by atoms with Crippen molar-refractivity contribution in [3.8, 4) is 10.4 Å². The fourth-order valence-electron chi connectivity index (χ4n) is 3.84. The second-order valence-corrected chi connectivity index (χ2v) is 8.07. The maximum atomic E-state index is 12.5. The van der Waals surface area contributed by atoms with Crippen molar-refractivity contribution in [3.05, 3.63) is 47.3 Å². The van der Waals surface area contributed by atoms with Crippen LogP contribution >= 0.6 is 11.3 Å². The molecule has 1 atom stereocenters. The van der Waals surface area contributed by atoms with Crippen LogP contribution in [0.5, 0.6) is 0 Å². The summed E-state index contributed by atoms with van der Waals surface area (Å²) in [5, 5.41) is 2.05. The maximum absolute atomic E-state index is 12.5. The zero-order valence-electron chi connectivity index (χ0n) is 15.6. The minimum atomic E-state index is -0.728. The van der Waals surface area contributed by atoms with E-state index in [1.807, 2.05) is 23.6 Å². The first-order valence-electron chi connectivity index (χ1n) is 9.24. The lowest BCUT2D eigenvalue weighted by molar-refractivity contribution is -0.140. The number of nitrogens with zero attached hydrogens (tertiary/aromatic N) is 1. The van der Waals surface area contributed by atoms with Gasteiger partial charge in [0, 0.05) is 25.1 Å². The lowest BCUT2D eigenvalue weighted by atomic mass is 9.73. The van der Waals surface area contributed by atoms with E-state index in [2.05, 4.69) is 18.2 Å². The van der Waals surface area contributed by atoms with Crippen LogP contribution < -0.4 is 5.73 Å². The average molecular weight is 387 g/mol. The van der Waals surface area contributed by atoms with E-state index in [0.29, 0.717) is 39.0 Å². The highest BCUT2D eigenvalue weighted by Gasteiger charge is 2.42.